The molecule has 134 heavy (non-hydrogen) atoms. The first-order valence-electron chi connectivity index (χ1n) is 45.9. The van der Waals surface area contributed by atoms with Crippen molar-refractivity contribution in [3.8, 4) is 83.8 Å². The van der Waals surface area contributed by atoms with Crippen LogP contribution in [0.25, 0.3) is 264 Å². The fraction of sp³-hybridized carbons (Fsp3) is 0. The summed E-state index contributed by atoms with van der Waals surface area (Å²) in [4.78, 5) is 0. The van der Waals surface area contributed by atoms with Crippen LogP contribution in [0, 0.1) is 0 Å². The molecule has 29 aromatic rings. The summed E-state index contributed by atoms with van der Waals surface area (Å²) >= 11 is 5.75. The zero-order valence-electron chi connectivity index (χ0n) is 72.7. The van der Waals surface area contributed by atoms with E-state index in [1.54, 1.807) is 0 Å². The number of benzene rings is 23. The van der Waals surface area contributed by atoms with Crippen LogP contribution >= 0.6 is 34.0 Å². The Labute approximate surface area is 784 Å². The van der Waals surface area contributed by atoms with Crippen molar-refractivity contribution in [2.24, 2.45) is 0 Å². The van der Waals surface area contributed by atoms with Crippen LogP contribution in [-0.4, -0.2) is 13.7 Å². The lowest BCUT2D eigenvalue weighted by atomic mass is 9.96. The lowest BCUT2D eigenvalue weighted by Gasteiger charge is -2.12. The number of rotatable bonds is 9. The van der Waals surface area contributed by atoms with E-state index in [0.717, 1.165) is 0 Å². The molecular weight excluding hydrogens is 1680 g/mol. The summed E-state index contributed by atoms with van der Waals surface area (Å²) in [5.41, 5.74) is 25.9. The second-order valence-corrected chi connectivity index (χ2v) is 38.3. The van der Waals surface area contributed by atoms with Gasteiger partial charge in [-0.25, -0.2) is 0 Å². The molecule has 0 aliphatic rings. The van der Waals surface area contributed by atoms with Gasteiger partial charge in [-0.05, 0) is 185 Å². The Morgan fingerprint density at radius 3 is 0.791 bits per heavy atom. The Hall–Kier alpha value is -16.6. The number of aromatic nitrogens is 3. The van der Waals surface area contributed by atoms with Gasteiger partial charge in [-0.2, -0.15) is 0 Å². The van der Waals surface area contributed by atoms with E-state index >= 15 is 0 Å². The highest BCUT2D eigenvalue weighted by Gasteiger charge is 2.28. The molecule has 0 aliphatic carbocycles. The monoisotopic (exact) mass is 1750 g/mol. The molecule has 0 saturated heterocycles. The highest BCUT2D eigenvalue weighted by atomic mass is 32.1. The van der Waals surface area contributed by atoms with E-state index in [0.29, 0.717) is 0 Å². The SMILES string of the molecule is c1ccc(-c2ccc3sc4c5ccccc5c5c(c6ccc(-c7ccc8ccccc8c7)cc6n5-c5ccccc5)c4c3c2)cc1.c1ccc(-c2ccc3sc4c5ccccc5c5c(c6ccc(-c7cccc8ccccc78)cc6n5-c5ccccc5)c4c3c2)cc1.c1ccc(-c2ccc3sc4c5ccccc5c5c(c6ccc(-c7ccccc7)cc6n5-c5ccccc5)c4c3c2)cc1. The quantitative estimate of drug-likeness (QED) is 0.137. The van der Waals surface area contributed by atoms with Crippen LogP contribution in [0.1, 0.15) is 0 Å². The van der Waals surface area contributed by atoms with E-state index in [1.807, 2.05) is 34.0 Å². The predicted molar refractivity (Wildman–Crippen MR) is 581 cm³/mol. The molecule has 0 radical (unpaired) electrons. The van der Waals surface area contributed by atoms with Crippen LogP contribution in [0.5, 0.6) is 0 Å². The van der Waals surface area contributed by atoms with Gasteiger partial charge >= 0.3 is 0 Å². The van der Waals surface area contributed by atoms with Crippen LogP contribution in [-0.2, 0) is 0 Å². The standard InChI is InChI=1S/2C44H27NS.C40H25NS/c1-3-12-28(13-4-1)30-23-25-40-38(26-30)42-41-37-24-22-31(34-21-11-15-29-14-7-8-18-33(29)34)27-39(37)45(32-16-5-2-6-17-32)43(41)35-19-9-10-20-36(35)44(42)46-40;1-3-11-28(12-4-1)32-22-24-40-38(26-32)42-41-37-23-21-33(31-20-19-29-13-7-8-14-30(29)25-31)27-39(37)45(34-15-5-2-6-16-34)43(41)35-17-9-10-18-36(35)44(42)46-40;1-4-12-26(13-5-1)28-21-23-36-34(24-28)38-37-33-22-20-29(27-14-6-2-7-15-27)25-35(33)41(30-16-8-3-9-17-30)39(37)31-18-10-11-19-32(31)40(38)42-36/h2*1-27H;1-25H. The van der Waals surface area contributed by atoms with E-state index in [2.05, 4.69) is 493 Å². The van der Waals surface area contributed by atoms with Crippen LogP contribution in [0.15, 0.2) is 479 Å². The molecule has 0 unspecified atom stereocenters. The first-order chi connectivity index (χ1) is 66.5. The lowest BCUT2D eigenvalue weighted by Crippen LogP contribution is -1.94. The Bertz CT molecular complexity index is 9780. The van der Waals surface area contributed by atoms with Crippen molar-refractivity contribution in [3.63, 3.8) is 0 Å². The molecule has 6 aromatic heterocycles. The molecule has 3 nitrogen and oxygen atoms in total. The molecule has 0 aliphatic heterocycles. The van der Waals surface area contributed by atoms with E-state index in [9.17, 15) is 0 Å². The van der Waals surface area contributed by atoms with Crippen LogP contribution in [0.3, 0.4) is 0 Å². The minimum Gasteiger partial charge on any atom is -0.309 e. The van der Waals surface area contributed by atoms with Gasteiger partial charge in [0.1, 0.15) is 0 Å². The molecule has 624 valence electrons. The summed E-state index contributed by atoms with van der Waals surface area (Å²) < 4.78 is 15.5. The van der Waals surface area contributed by atoms with Crippen molar-refractivity contribution in [2.75, 3.05) is 0 Å². The Kier molecular flexibility index (Phi) is 18.3. The van der Waals surface area contributed by atoms with Crippen molar-refractivity contribution in [1.29, 1.82) is 0 Å². The van der Waals surface area contributed by atoms with E-state index in [1.165, 1.54) is 264 Å². The van der Waals surface area contributed by atoms with Gasteiger partial charge in [-0.1, -0.05) is 382 Å². The molecule has 6 heterocycles. The molecule has 29 rings (SSSR count). The third kappa shape index (κ3) is 12.5. The zero-order chi connectivity index (χ0) is 88.0. The minimum absolute atomic E-state index is 1.17. The maximum Gasteiger partial charge on any atom is 0.0626 e. The molecule has 23 aromatic carbocycles. The fourth-order valence-electron chi connectivity index (χ4n) is 21.6. The number of fused-ring (bicyclic) bond motifs is 32. The summed E-state index contributed by atoms with van der Waals surface area (Å²) in [6, 6.07) is 175. The van der Waals surface area contributed by atoms with Gasteiger partial charge in [-0.3, -0.25) is 0 Å². The normalized spacial score (nSPS) is 11.9. The fourth-order valence-corrected chi connectivity index (χ4v) is 25.3. The van der Waals surface area contributed by atoms with Gasteiger partial charge in [0.2, 0.25) is 0 Å². The minimum atomic E-state index is 1.17. The topological polar surface area (TPSA) is 14.8 Å². The maximum absolute atomic E-state index is 2.51. The summed E-state index contributed by atoms with van der Waals surface area (Å²) in [5, 5.41) is 28.7. The largest absolute Gasteiger partial charge is 0.309 e. The summed E-state index contributed by atoms with van der Waals surface area (Å²) in [5.74, 6) is 0. The maximum atomic E-state index is 2.51. The van der Waals surface area contributed by atoms with Crippen molar-refractivity contribution in [2.45, 2.75) is 0 Å². The smallest absolute Gasteiger partial charge is 0.0626 e. The Balaban J connectivity index is 0.000000102. The number of nitrogens with zero attached hydrogens (tertiary/aromatic N) is 3. The second kappa shape index (κ2) is 31.6. The van der Waals surface area contributed by atoms with E-state index < -0.39 is 0 Å². The zero-order valence-corrected chi connectivity index (χ0v) is 75.1. The average molecular weight is 1760 g/mol. The van der Waals surface area contributed by atoms with Crippen molar-refractivity contribution in [1.82, 2.24) is 13.7 Å². The molecule has 0 saturated carbocycles. The third-order valence-electron chi connectivity index (χ3n) is 27.7. The molecule has 0 fully saturated rings. The van der Waals surface area contributed by atoms with Gasteiger partial charge in [0.15, 0.2) is 0 Å². The first kappa shape index (κ1) is 77.4. The molecule has 6 heteroatoms. The van der Waals surface area contributed by atoms with Gasteiger partial charge < -0.3 is 13.7 Å². The predicted octanol–water partition coefficient (Wildman–Crippen LogP) is 37.2. The van der Waals surface area contributed by atoms with Crippen LogP contribution in [0.2, 0.25) is 0 Å². The van der Waals surface area contributed by atoms with E-state index in [4.69, 9.17) is 0 Å². The van der Waals surface area contributed by atoms with Crippen molar-refractivity contribution >= 4 is 214 Å². The molecular formula is C128H79N3S3. The van der Waals surface area contributed by atoms with Gasteiger partial charge in [0, 0.05) is 142 Å². The molecule has 0 atom stereocenters. The molecule has 0 bridgehead atoms. The number of hydrogen-bond acceptors (Lipinski definition) is 3. The van der Waals surface area contributed by atoms with E-state index in [-0.39, 0.29) is 0 Å². The van der Waals surface area contributed by atoms with Gasteiger partial charge in [-0.15, -0.1) is 34.0 Å². The number of thiophene rings is 3. The molecule has 0 spiro atoms. The number of hydrogen-bond donors (Lipinski definition) is 0. The average Bonchev–Trinajstić information content (AvgIpc) is 1.61. The van der Waals surface area contributed by atoms with Crippen LogP contribution < -0.4 is 0 Å². The lowest BCUT2D eigenvalue weighted by molar-refractivity contribution is 1.19. The second-order valence-electron chi connectivity index (χ2n) is 35.1. The van der Waals surface area contributed by atoms with Crippen LogP contribution in [0.4, 0.5) is 0 Å². The first-order valence-corrected chi connectivity index (χ1v) is 48.4. The van der Waals surface area contributed by atoms with Crippen molar-refractivity contribution < 1.29 is 0 Å². The highest BCUT2D eigenvalue weighted by molar-refractivity contribution is 7.28. The summed E-state index contributed by atoms with van der Waals surface area (Å²) in [6.45, 7) is 0. The van der Waals surface area contributed by atoms with Gasteiger partial charge in [0.25, 0.3) is 0 Å². The Morgan fingerprint density at radius 2 is 0.410 bits per heavy atom. The summed E-state index contributed by atoms with van der Waals surface area (Å²) in [7, 11) is 0. The molecule has 0 N–H and O–H groups in total. The molecule has 0 amide bonds. The van der Waals surface area contributed by atoms with Gasteiger partial charge in [0.05, 0.1) is 33.1 Å². The highest BCUT2D eigenvalue weighted by Crippen LogP contribution is 2.55. The Morgan fingerprint density at radius 1 is 0.142 bits per heavy atom. The van der Waals surface area contributed by atoms with Crippen molar-refractivity contribution in [3.05, 3.63) is 479 Å². The number of para-hydroxylation sites is 3. The summed E-state index contributed by atoms with van der Waals surface area (Å²) in [6.07, 6.45) is 0. The third-order valence-corrected chi connectivity index (χ3v) is 31.3.